The number of hydrogen-bond donors (Lipinski definition) is 1. The van der Waals surface area contributed by atoms with Gasteiger partial charge in [-0.2, -0.15) is 5.10 Å². The highest BCUT2D eigenvalue weighted by molar-refractivity contribution is 5.95. The maximum atomic E-state index is 12.8. The number of carbonyl (C=O) groups is 2. The highest BCUT2D eigenvalue weighted by Crippen LogP contribution is 2.23. The van der Waals surface area contributed by atoms with E-state index in [1.807, 2.05) is 38.1 Å². The van der Waals surface area contributed by atoms with E-state index in [4.69, 9.17) is 0 Å². The summed E-state index contributed by atoms with van der Waals surface area (Å²) in [4.78, 5) is 30.8. The third kappa shape index (κ3) is 3.51. The maximum Gasteiger partial charge on any atom is 0.254 e. The molecule has 2 aromatic heterocycles. The van der Waals surface area contributed by atoms with Gasteiger partial charge in [0.15, 0.2) is 5.65 Å². The number of nitrogens with one attached hydrogen (secondary N) is 1. The lowest BCUT2D eigenvalue weighted by Crippen LogP contribution is -2.35. The van der Waals surface area contributed by atoms with Crippen molar-refractivity contribution in [3.8, 4) is 0 Å². The molecular formula is C22H23N5O2. The van der Waals surface area contributed by atoms with Crippen LogP contribution in [0.25, 0.3) is 5.65 Å². The van der Waals surface area contributed by atoms with Crippen molar-refractivity contribution in [2.75, 3.05) is 6.54 Å². The Labute approximate surface area is 169 Å². The lowest BCUT2D eigenvalue weighted by Gasteiger charge is -2.29. The molecule has 148 valence electrons. The molecule has 7 nitrogen and oxygen atoms in total. The first kappa shape index (κ1) is 18.9. The monoisotopic (exact) mass is 389 g/mol. The van der Waals surface area contributed by atoms with Crippen LogP contribution < -0.4 is 5.32 Å². The molecule has 2 amide bonds. The second kappa shape index (κ2) is 7.50. The summed E-state index contributed by atoms with van der Waals surface area (Å²) in [5, 5.41) is 7.40. The summed E-state index contributed by atoms with van der Waals surface area (Å²) in [7, 11) is 0. The third-order valence-electron chi connectivity index (χ3n) is 5.38. The van der Waals surface area contributed by atoms with Crippen LogP contribution in [0, 0.1) is 13.8 Å². The first-order valence-electron chi connectivity index (χ1n) is 9.59. The van der Waals surface area contributed by atoms with Crippen LogP contribution in [-0.4, -0.2) is 37.9 Å². The Morgan fingerprint density at radius 2 is 2.14 bits per heavy atom. The van der Waals surface area contributed by atoms with Crippen LogP contribution in [0.3, 0.4) is 0 Å². The lowest BCUT2D eigenvalue weighted by atomic mass is 9.94. The Bertz CT molecular complexity index is 1130. The first-order chi connectivity index (χ1) is 14.0. The molecular weight excluding hydrogens is 366 g/mol. The second-order valence-corrected chi connectivity index (χ2v) is 7.26. The van der Waals surface area contributed by atoms with Crippen LogP contribution >= 0.6 is 0 Å². The van der Waals surface area contributed by atoms with Gasteiger partial charge in [-0.15, -0.1) is 0 Å². The molecule has 1 aromatic carbocycles. The lowest BCUT2D eigenvalue weighted by molar-refractivity contribution is -0.126. The van der Waals surface area contributed by atoms with Crippen molar-refractivity contribution in [1.29, 1.82) is 0 Å². The average molecular weight is 389 g/mol. The van der Waals surface area contributed by atoms with Gasteiger partial charge >= 0.3 is 0 Å². The minimum absolute atomic E-state index is 0.0541. The van der Waals surface area contributed by atoms with Gasteiger partial charge in [0.2, 0.25) is 5.91 Å². The van der Waals surface area contributed by atoms with Crippen LogP contribution in [0.1, 0.15) is 38.4 Å². The Morgan fingerprint density at radius 1 is 1.31 bits per heavy atom. The van der Waals surface area contributed by atoms with Gasteiger partial charge in [0.05, 0.1) is 17.0 Å². The van der Waals surface area contributed by atoms with Crippen molar-refractivity contribution in [3.63, 3.8) is 0 Å². The summed E-state index contributed by atoms with van der Waals surface area (Å²) >= 11 is 0. The number of fused-ring (bicyclic) bond motifs is 2. The summed E-state index contributed by atoms with van der Waals surface area (Å²) in [5.41, 5.74) is 6.24. The van der Waals surface area contributed by atoms with Gasteiger partial charge in [-0.3, -0.25) is 9.59 Å². The van der Waals surface area contributed by atoms with E-state index in [-0.39, 0.29) is 11.8 Å². The topological polar surface area (TPSA) is 79.6 Å². The average Bonchev–Trinajstić information content (AvgIpc) is 3.12. The first-order valence-corrected chi connectivity index (χ1v) is 9.59. The number of benzene rings is 1. The number of hydrogen-bond acceptors (Lipinski definition) is 4. The van der Waals surface area contributed by atoms with Crippen molar-refractivity contribution in [1.82, 2.24) is 24.8 Å². The van der Waals surface area contributed by atoms with Crippen molar-refractivity contribution in [2.45, 2.75) is 33.4 Å². The maximum absolute atomic E-state index is 12.8. The zero-order valence-corrected chi connectivity index (χ0v) is 16.6. The third-order valence-corrected chi connectivity index (χ3v) is 5.38. The van der Waals surface area contributed by atoms with Gasteiger partial charge < -0.3 is 10.2 Å². The fraction of sp³-hybridized carbons (Fsp3) is 0.273. The van der Waals surface area contributed by atoms with Gasteiger partial charge in [-0.1, -0.05) is 24.8 Å². The van der Waals surface area contributed by atoms with Crippen LogP contribution in [0.2, 0.25) is 0 Å². The summed E-state index contributed by atoms with van der Waals surface area (Å²) in [5.74, 6) is -0.233. The number of carbonyl (C=O) groups excluding carboxylic acids is 2. The molecule has 0 atom stereocenters. The van der Waals surface area contributed by atoms with Crippen LogP contribution in [0.4, 0.5) is 0 Å². The van der Waals surface area contributed by atoms with Gasteiger partial charge in [0.25, 0.3) is 5.91 Å². The largest absolute Gasteiger partial charge is 0.348 e. The number of nitrogens with zero attached hydrogens (tertiary/aromatic N) is 4. The van der Waals surface area contributed by atoms with E-state index in [1.165, 1.54) is 11.6 Å². The molecule has 0 spiro atoms. The van der Waals surface area contributed by atoms with Gasteiger partial charge in [0, 0.05) is 31.9 Å². The molecule has 0 fully saturated rings. The van der Waals surface area contributed by atoms with E-state index in [0.717, 1.165) is 34.6 Å². The van der Waals surface area contributed by atoms with Crippen molar-refractivity contribution >= 4 is 17.5 Å². The van der Waals surface area contributed by atoms with Crippen molar-refractivity contribution in [2.24, 2.45) is 0 Å². The summed E-state index contributed by atoms with van der Waals surface area (Å²) in [6.07, 6.45) is 3.71. The number of aryl methyl sites for hydroxylation is 2. The molecule has 1 aliphatic heterocycles. The van der Waals surface area contributed by atoms with E-state index in [0.29, 0.717) is 25.2 Å². The zero-order valence-electron chi connectivity index (χ0n) is 16.6. The molecule has 4 rings (SSSR count). The van der Waals surface area contributed by atoms with Crippen LogP contribution in [-0.2, 0) is 24.3 Å². The molecule has 1 aliphatic rings. The molecule has 0 aliphatic carbocycles. The standard InChI is InChI=1S/C22H23N5O2/c1-4-21(28)26-9-8-18-16(6-5-7-17(18)13-26)11-24-22(29)19-12-23-20-10-14(2)25-27(20)15(19)3/h4-7,10,12H,1,8-9,11,13H2,2-3H3,(H,24,29). The van der Waals surface area contributed by atoms with Gasteiger partial charge in [0.1, 0.15) is 0 Å². The molecule has 1 N–H and O–H groups in total. The van der Waals surface area contributed by atoms with Crippen LogP contribution in [0.15, 0.2) is 43.1 Å². The molecule has 3 aromatic rings. The van der Waals surface area contributed by atoms with E-state index in [1.54, 1.807) is 15.6 Å². The fourth-order valence-electron chi connectivity index (χ4n) is 3.83. The van der Waals surface area contributed by atoms with Crippen LogP contribution in [0.5, 0.6) is 0 Å². The summed E-state index contributed by atoms with van der Waals surface area (Å²) in [6, 6.07) is 7.90. The molecule has 0 saturated carbocycles. The van der Waals surface area contributed by atoms with Gasteiger partial charge in [-0.05, 0) is 43.0 Å². The fourth-order valence-corrected chi connectivity index (χ4v) is 3.83. The van der Waals surface area contributed by atoms with E-state index < -0.39 is 0 Å². The quantitative estimate of drug-likeness (QED) is 0.695. The predicted molar refractivity (Wildman–Crippen MR) is 109 cm³/mol. The molecule has 7 heteroatoms. The molecule has 0 bridgehead atoms. The minimum atomic E-state index is -0.179. The second-order valence-electron chi connectivity index (χ2n) is 7.26. The van der Waals surface area contributed by atoms with Crippen molar-refractivity contribution in [3.05, 3.63) is 76.8 Å². The summed E-state index contributed by atoms with van der Waals surface area (Å²) < 4.78 is 1.69. The molecule has 0 saturated heterocycles. The van der Waals surface area contributed by atoms with E-state index in [9.17, 15) is 9.59 Å². The van der Waals surface area contributed by atoms with E-state index >= 15 is 0 Å². The van der Waals surface area contributed by atoms with Crippen molar-refractivity contribution < 1.29 is 9.59 Å². The number of rotatable bonds is 4. The normalized spacial score (nSPS) is 13.2. The SMILES string of the molecule is C=CC(=O)N1CCc2c(CNC(=O)c3cnc4cc(C)nn4c3C)cccc2C1. The Hall–Kier alpha value is -3.48. The highest BCUT2D eigenvalue weighted by atomic mass is 16.2. The predicted octanol–water partition coefficient (Wildman–Crippen LogP) is 2.35. The Morgan fingerprint density at radius 3 is 2.93 bits per heavy atom. The van der Waals surface area contributed by atoms with E-state index in [2.05, 4.69) is 22.0 Å². The summed E-state index contributed by atoms with van der Waals surface area (Å²) in [6.45, 7) is 8.98. The molecule has 0 unspecified atom stereocenters. The zero-order chi connectivity index (χ0) is 20.5. The van der Waals surface area contributed by atoms with Gasteiger partial charge in [-0.25, -0.2) is 9.50 Å². The Balaban J connectivity index is 1.52. The molecule has 0 radical (unpaired) electrons. The highest BCUT2D eigenvalue weighted by Gasteiger charge is 2.21. The number of aromatic nitrogens is 3. The smallest absolute Gasteiger partial charge is 0.254 e. The molecule has 3 heterocycles. The Kier molecular flexibility index (Phi) is 4.88. The number of amides is 2. The molecule has 29 heavy (non-hydrogen) atoms. The minimum Gasteiger partial charge on any atom is -0.348 e.